The Bertz CT molecular complexity index is 1490. The summed E-state index contributed by atoms with van der Waals surface area (Å²) < 4.78 is 0.137. The van der Waals surface area contributed by atoms with Gasteiger partial charge in [0.15, 0.2) is 0 Å². The van der Waals surface area contributed by atoms with E-state index in [0.717, 1.165) is 17.8 Å². The number of hydrogen-bond acceptors (Lipinski definition) is 10. The summed E-state index contributed by atoms with van der Waals surface area (Å²) in [7, 11) is 1.85. The fraction of sp³-hybridized carbons (Fsp3) is 0.160. The molecule has 40 heavy (non-hydrogen) atoms. The molecular formula is C25H24BrN7O7. The Labute approximate surface area is 236 Å². The summed E-state index contributed by atoms with van der Waals surface area (Å²) in [6, 6.07) is 14.1. The summed E-state index contributed by atoms with van der Waals surface area (Å²) in [5.74, 6) is -0.743. The Kier molecular flexibility index (Phi) is 9.00. The second-order valence-corrected chi connectivity index (χ2v) is 9.41. The molecular weight excluding hydrogens is 590 g/mol. The Hall–Kier alpha value is -5.05. The Morgan fingerprint density at radius 3 is 2.12 bits per heavy atom. The number of nitrogen functional groups attached to an aromatic ring is 2. The maximum Gasteiger partial charge on any atom is 0.300 e. The molecule has 0 bridgehead atoms. The third kappa shape index (κ3) is 6.50. The van der Waals surface area contributed by atoms with Gasteiger partial charge in [-0.3, -0.25) is 39.5 Å². The SMILES string of the molecule is CC(=O)Nc1cc(N(C)CCN2C(=O)c3ccccc3C2=O)ccc1N.Nc1c(Br)cc([N+](=O)[O-])cc1[N+](=O)[O-]. The Balaban J connectivity index is 0.000000267. The van der Waals surface area contributed by atoms with Gasteiger partial charge >= 0.3 is 0 Å². The number of benzene rings is 3. The lowest BCUT2D eigenvalue weighted by atomic mass is 10.1. The zero-order chi connectivity index (χ0) is 29.7. The van der Waals surface area contributed by atoms with Gasteiger partial charge in [-0.25, -0.2) is 0 Å². The topological polar surface area (TPSA) is 208 Å². The number of carbonyl (C=O) groups excluding carboxylic acids is 3. The van der Waals surface area contributed by atoms with E-state index in [4.69, 9.17) is 11.5 Å². The highest BCUT2D eigenvalue weighted by Gasteiger charge is 2.34. The summed E-state index contributed by atoms with van der Waals surface area (Å²) >= 11 is 2.90. The highest BCUT2D eigenvalue weighted by atomic mass is 79.9. The van der Waals surface area contributed by atoms with Crippen molar-refractivity contribution in [3.8, 4) is 0 Å². The van der Waals surface area contributed by atoms with Crippen LogP contribution >= 0.6 is 15.9 Å². The van der Waals surface area contributed by atoms with Gasteiger partial charge in [0.2, 0.25) is 5.91 Å². The summed E-state index contributed by atoms with van der Waals surface area (Å²) in [5, 5.41) is 23.5. The van der Waals surface area contributed by atoms with E-state index in [0.29, 0.717) is 29.0 Å². The van der Waals surface area contributed by atoms with E-state index in [2.05, 4.69) is 21.2 Å². The van der Waals surface area contributed by atoms with Crippen LogP contribution in [0.15, 0.2) is 59.1 Å². The van der Waals surface area contributed by atoms with Gasteiger partial charge in [0, 0.05) is 38.8 Å². The van der Waals surface area contributed by atoms with Crippen molar-refractivity contribution in [2.45, 2.75) is 6.92 Å². The fourth-order valence-electron chi connectivity index (χ4n) is 3.75. The minimum atomic E-state index is -0.771. The zero-order valence-electron chi connectivity index (χ0n) is 21.3. The van der Waals surface area contributed by atoms with Crippen LogP contribution in [0, 0.1) is 20.2 Å². The van der Waals surface area contributed by atoms with E-state index in [-0.39, 0.29) is 40.1 Å². The molecule has 0 spiro atoms. The molecule has 5 N–H and O–H groups in total. The molecule has 0 saturated heterocycles. The molecule has 0 radical (unpaired) electrons. The molecule has 4 rings (SSSR count). The van der Waals surface area contributed by atoms with Gasteiger partial charge in [-0.1, -0.05) is 12.1 Å². The van der Waals surface area contributed by atoms with Crippen LogP contribution in [0.5, 0.6) is 0 Å². The van der Waals surface area contributed by atoms with Crippen molar-refractivity contribution in [1.29, 1.82) is 0 Å². The number of non-ortho nitro benzene ring substituents is 1. The number of nitrogens with one attached hydrogen (secondary N) is 1. The minimum Gasteiger partial charge on any atom is -0.397 e. The standard InChI is InChI=1S/C19H20N4O3.C6H4BrN3O4/c1-12(24)21-17-11-13(7-8-16(17)20)22(2)9-10-23-18(25)14-5-3-4-6-15(14)19(23)26;7-4-1-3(9(11)12)2-5(6(4)8)10(13)14/h3-8,11H,9-10,20H2,1-2H3,(H,21,24);1-2H,8H2. The molecule has 1 aliphatic heterocycles. The predicted octanol–water partition coefficient (Wildman–Crippen LogP) is 3.81. The van der Waals surface area contributed by atoms with Gasteiger partial charge in [0.25, 0.3) is 23.2 Å². The van der Waals surface area contributed by atoms with Gasteiger partial charge in [0.05, 0.1) is 42.9 Å². The lowest BCUT2D eigenvalue weighted by Crippen LogP contribution is -2.37. The van der Waals surface area contributed by atoms with Crippen LogP contribution in [0.25, 0.3) is 0 Å². The fourth-order valence-corrected chi connectivity index (χ4v) is 4.18. The van der Waals surface area contributed by atoms with Crippen LogP contribution in [0.3, 0.4) is 0 Å². The van der Waals surface area contributed by atoms with Crippen LogP contribution in [0.1, 0.15) is 27.6 Å². The first-order chi connectivity index (χ1) is 18.8. The number of anilines is 4. The molecule has 0 fully saturated rings. The molecule has 3 amide bonds. The first kappa shape index (κ1) is 29.5. The quantitative estimate of drug-likeness (QED) is 0.152. The van der Waals surface area contributed by atoms with Crippen molar-refractivity contribution in [1.82, 2.24) is 4.90 Å². The number of nitrogens with two attached hydrogens (primary N) is 2. The van der Waals surface area contributed by atoms with Crippen LogP contribution < -0.4 is 21.7 Å². The van der Waals surface area contributed by atoms with E-state index in [1.807, 2.05) is 18.0 Å². The highest BCUT2D eigenvalue weighted by Crippen LogP contribution is 2.34. The molecule has 1 heterocycles. The zero-order valence-corrected chi connectivity index (χ0v) is 22.9. The lowest BCUT2D eigenvalue weighted by Gasteiger charge is -2.23. The van der Waals surface area contributed by atoms with Crippen molar-refractivity contribution >= 4 is 67.8 Å². The second-order valence-electron chi connectivity index (χ2n) is 8.56. The van der Waals surface area contributed by atoms with Crippen molar-refractivity contribution < 1.29 is 24.2 Å². The third-order valence-electron chi connectivity index (χ3n) is 5.83. The van der Waals surface area contributed by atoms with Gasteiger partial charge in [0.1, 0.15) is 5.69 Å². The van der Waals surface area contributed by atoms with Gasteiger partial charge < -0.3 is 21.7 Å². The second kappa shape index (κ2) is 12.2. The van der Waals surface area contributed by atoms with Crippen LogP contribution in [-0.2, 0) is 4.79 Å². The number of nitro benzene ring substituents is 2. The van der Waals surface area contributed by atoms with Crippen LogP contribution in [-0.4, -0.2) is 52.6 Å². The lowest BCUT2D eigenvalue weighted by molar-refractivity contribution is -0.393. The summed E-state index contributed by atoms with van der Waals surface area (Å²) in [4.78, 5) is 58.5. The average Bonchev–Trinajstić information content (AvgIpc) is 3.14. The average molecular weight is 614 g/mol. The maximum atomic E-state index is 12.4. The van der Waals surface area contributed by atoms with Gasteiger partial charge in [-0.05, 0) is 46.3 Å². The smallest absolute Gasteiger partial charge is 0.300 e. The van der Waals surface area contributed by atoms with Crippen molar-refractivity contribution in [2.75, 3.05) is 41.8 Å². The van der Waals surface area contributed by atoms with Gasteiger partial charge in [-0.15, -0.1) is 0 Å². The largest absolute Gasteiger partial charge is 0.397 e. The number of fused-ring (bicyclic) bond motifs is 1. The van der Waals surface area contributed by atoms with Gasteiger partial charge in [-0.2, -0.15) is 0 Å². The number of likely N-dealkylation sites (N-methyl/N-ethyl adjacent to an activating group) is 1. The van der Waals surface area contributed by atoms with Crippen molar-refractivity contribution in [3.63, 3.8) is 0 Å². The molecule has 3 aromatic rings. The molecule has 14 nitrogen and oxygen atoms in total. The molecule has 0 aliphatic carbocycles. The first-order valence-electron chi connectivity index (χ1n) is 11.5. The Morgan fingerprint density at radius 1 is 1.00 bits per heavy atom. The number of nitrogens with zero attached hydrogens (tertiary/aromatic N) is 4. The molecule has 1 aliphatic rings. The Morgan fingerprint density at radius 2 is 1.60 bits per heavy atom. The third-order valence-corrected chi connectivity index (χ3v) is 6.48. The van der Waals surface area contributed by atoms with E-state index in [9.17, 15) is 34.6 Å². The highest BCUT2D eigenvalue weighted by molar-refractivity contribution is 9.10. The number of carbonyl (C=O) groups is 3. The summed E-state index contributed by atoms with van der Waals surface area (Å²) in [6.45, 7) is 2.13. The maximum absolute atomic E-state index is 12.4. The number of hydrogen-bond donors (Lipinski definition) is 3. The van der Waals surface area contributed by atoms with Crippen molar-refractivity contribution in [2.24, 2.45) is 0 Å². The number of halogens is 1. The molecule has 0 aromatic heterocycles. The molecule has 3 aromatic carbocycles. The van der Waals surface area contributed by atoms with E-state index < -0.39 is 15.5 Å². The molecule has 0 saturated carbocycles. The number of nitro groups is 2. The molecule has 208 valence electrons. The predicted molar refractivity (Wildman–Crippen MR) is 152 cm³/mol. The van der Waals surface area contributed by atoms with Crippen LogP contribution in [0.2, 0.25) is 0 Å². The molecule has 0 atom stereocenters. The van der Waals surface area contributed by atoms with Crippen molar-refractivity contribution in [3.05, 3.63) is 90.4 Å². The summed E-state index contributed by atoms with van der Waals surface area (Å²) in [5.41, 5.74) is 12.9. The van der Waals surface area contributed by atoms with E-state index >= 15 is 0 Å². The molecule has 15 heteroatoms. The van der Waals surface area contributed by atoms with E-state index in [1.54, 1.807) is 36.4 Å². The number of rotatable bonds is 7. The van der Waals surface area contributed by atoms with Crippen LogP contribution in [0.4, 0.5) is 34.1 Å². The number of amides is 3. The number of imide groups is 1. The monoisotopic (exact) mass is 613 g/mol. The van der Waals surface area contributed by atoms with E-state index in [1.165, 1.54) is 11.8 Å². The normalized spacial score (nSPS) is 11.8. The summed E-state index contributed by atoms with van der Waals surface area (Å²) in [6.07, 6.45) is 0. The molecule has 0 unspecified atom stereocenters. The minimum absolute atomic E-state index is 0.124. The first-order valence-corrected chi connectivity index (χ1v) is 12.3.